The lowest BCUT2D eigenvalue weighted by molar-refractivity contribution is 0.0602. The van der Waals surface area contributed by atoms with Crippen LogP contribution in [-0.4, -0.2) is 32.2 Å². The summed E-state index contributed by atoms with van der Waals surface area (Å²) >= 11 is 0. The van der Waals surface area contributed by atoms with Gasteiger partial charge in [-0.05, 0) is 24.4 Å². The number of fused-ring (bicyclic) bond motifs is 4. The monoisotopic (exact) mass is 384 g/mol. The lowest BCUT2D eigenvalue weighted by Gasteiger charge is -2.11. The molecule has 0 aliphatic heterocycles. The van der Waals surface area contributed by atoms with Crippen LogP contribution in [0.1, 0.15) is 16.1 Å². The normalized spacial score (nSPS) is 11.4. The highest BCUT2D eigenvalue weighted by Gasteiger charge is 2.21. The van der Waals surface area contributed by atoms with Crippen molar-refractivity contribution >= 4 is 33.3 Å². The molecule has 142 valence electrons. The van der Waals surface area contributed by atoms with Crippen LogP contribution in [0.25, 0.3) is 33.0 Å². The van der Waals surface area contributed by atoms with Crippen LogP contribution in [0, 0.1) is 6.92 Å². The van der Waals surface area contributed by atoms with Gasteiger partial charge in [0.2, 0.25) is 0 Å². The molecule has 3 aromatic heterocycles. The van der Waals surface area contributed by atoms with Crippen molar-refractivity contribution in [3.63, 3.8) is 0 Å². The molecular formula is C22H16N4O3. The zero-order valence-corrected chi connectivity index (χ0v) is 15.8. The Labute approximate surface area is 164 Å². The third-order valence-corrected chi connectivity index (χ3v) is 5.10. The fraction of sp³-hybridized carbons (Fsp3) is 0.0909. The average molecular weight is 384 g/mol. The van der Waals surface area contributed by atoms with Crippen LogP contribution >= 0.6 is 0 Å². The smallest absolute Gasteiger partial charge is 0.343 e. The highest BCUT2D eigenvalue weighted by Crippen LogP contribution is 2.23. The molecule has 0 saturated heterocycles. The summed E-state index contributed by atoms with van der Waals surface area (Å²) in [4.78, 5) is 29.7. The van der Waals surface area contributed by atoms with Crippen molar-refractivity contribution in [2.45, 2.75) is 6.92 Å². The van der Waals surface area contributed by atoms with Crippen molar-refractivity contribution in [2.24, 2.45) is 0 Å². The van der Waals surface area contributed by atoms with Crippen molar-refractivity contribution < 1.29 is 9.53 Å². The lowest BCUT2D eigenvalue weighted by atomic mass is 10.1. The Morgan fingerprint density at radius 1 is 1.03 bits per heavy atom. The Hall–Kier alpha value is -4.00. The van der Waals surface area contributed by atoms with Gasteiger partial charge in [0.1, 0.15) is 5.56 Å². The largest absolute Gasteiger partial charge is 0.465 e. The van der Waals surface area contributed by atoms with Gasteiger partial charge in [0.15, 0.2) is 5.65 Å². The standard InChI is InChI=1S/C22H16N4O3/c1-13-19(22(28)29-2)20-23-12-16-18(26(20)24-13)10-11-25(21(16)27)17-9-5-7-14-6-3-4-8-15(14)17/h3-12H,1-2H3. The number of hydrogen-bond acceptors (Lipinski definition) is 5. The van der Waals surface area contributed by atoms with Crippen LogP contribution in [0.5, 0.6) is 0 Å². The predicted molar refractivity (Wildman–Crippen MR) is 110 cm³/mol. The Balaban J connectivity index is 1.81. The van der Waals surface area contributed by atoms with Crippen LogP contribution in [0.2, 0.25) is 0 Å². The molecule has 0 atom stereocenters. The summed E-state index contributed by atoms with van der Waals surface area (Å²) in [5.74, 6) is -0.506. The molecule has 0 unspecified atom stereocenters. The summed E-state index contributed by atoms with van der Waals surface area (Å²) in [5, 5.41) is 6.85. The maximum absolute atomic E-state index is 13.3. The zero-order chi connectivity index (χ0) is 20.1. The molecule has 2 aromatic carbocycles. The van der Waals surface area contributed by atoms with Crippen molar-refractivity contribution in [2.75, 3.05) is 7.11 Å². The highest BCUT2D eigenvalue weighted by molar-refractivity contribution is 5.98. The molecule has 0 aliphatic carbocycles. The van der Waals surface area contributed by atoms with Gasteiger partial charge in [-0.1, -0.05) is 36.4 Å². The van der Waals surface area contributed by atoms with E-state index in [4.69, 9.17) is 4.74 Å². The molecule has 0 fully saturated rings. The number of benzene rings is 2. The Bertz CT molecular complexity index is 1490. The van der Waals surface area contributed by atoms with Gasteiger partial charge in [-0.2, -0.15) is 5.10 Å². The molecule has 0 spiro atoms. The van der Waals surface area contributed by atoms with Crippen LogP contribution in [0.4, 0.5) is 0 Å². The van der Waals surface area contributed by atoms with Crippen molar-refractivity contribution in [1.82, 2.24) is 19.2 Å². The summed E-state index contributed by atoms with van der Waals surface area (Å²) < 4.78 is 7.97. The molecule has 0 saturated carbocycles. The lowest BCUT2D eigenvalue weighted by Crippen LogP contribution is -2.19. The SMILES string of the molecule is COC(=O)c1c(C)nn2c1ncc1c(=O)n(-c3cccc4ccccc34)ccc12. The van der Waals surface area contributed by atoms with E-state index in [-0.39, 0.29) is 5.56 Å². The van der Waals surface area contributed by atoms with Gasteiger partial charge in [0, 0.05) is 17.8 Å². The first-order chi connectivity index (χ1) is 14.1. The number of aromatic nitrogens is 4. The number of hydrogen-bond donors (Lipinski definition) is 0. The molecule has 0 aliphatic rings. The van der Waals surface area contributed by atoms with Gasteiger partial charge >= 0.3 is 5.97 Å². The summed E-state index contributed by atoms with van der Waals surface area (Å²) in [7, 11) is 1.31. The first-order valence-electron chi connectivity index (χ1n) is 9.06. The van der Waals surface area contributed by atoms with E-state index in [9.17, 15) is 9.59 Å². The number of aryl methyl sites for hydroxylation is 1. The third-order valence-electron chi connectivity index (χ3n) is 5.10. The molecule has 0 amide bonds. The molecule has 5 aromatic rings. The van der Waals surface area contributed by atoms with Gasteiger partial charge in [-0.25, -0.2) is 14.3 Å². The van der Waals surface area contributed by atoms with Crippen LogP contribution in [0.15, 0.2) is 65.7 Å². The van der Waals surface area contributed by atoms with Crippen molar-refractivity contribution in [1.29, 1.82) is 0 Å². The quantitative estimate of drug-likeness (QED) is 0.437. The number of nitrogens with zero attached hydrogens (tertiary/aromatic N) is 4. The minimum Gasteiger partial charge on any atom is -0.465 e. The highest BCUT2D eigenvalue weighted by atomic mass is 16.5. The number of esters is 1. The topological polar surface area (TPSA) is 78.5 Å². The predicted octanol–water partition coefficient (Wildman–Crippen LogP) is 3.28. The number of rotatable bonds is 2. The fourth-order valence-electron chi connectivity index (χ4n) is 3.73. The number of carbonyl (C=O) groups excluding carboxylic acids is 1. The van der Waals surface area contributed by atoms with Gasteiger partial charge in [-0.15, -0.1) is 0 Å². The van der Waals surface area contributed by atoms with E-state index in [1.807, 2.05) is 42.5 Å². The van der Waals surface area contributed by atoms with E-state index in [1.54, 1.807) is 23.8 Å². The van der Waals surface area contributed by atoms with Crippen molar-refractivity contribution in [3.05, 3.63) is 82.5 Å². The first kappa shape index (κ1) is 17.1. The molecule has 0 bridgehead atoms. The van der Waals surface area contributed by atoms with Gasteiger partial charge in [-0.3, -0.25) is 9.36 Å². The molecule has 5 rings (SSSR count). The van der Waals surface area contributed by atoms with E-state index >= 15 is 0 Å². The van der Waals surface area contributed by atoms with Crippen molar-refractivity contribution in [3.8, 4) is 5.69 Å². The number of pyridine rings is 1. The maximum atomic E-state index is 13.3. The molecule has 29 heavy (non-hydrogen) atoms. The van der Waals surface area contributed by atoms with Gasteiger partial charge in [0.05, 0.1) is 29.4 Å². The Kier molecular flexibility index (Phi) is 3.70. The number of ether oxygens (including phenoxy) is 1. The van der Waals surface area contributed by atoms with E-state index in [1.165, 1.54) is 17.8 Å². The second kappa shape index (κ2) is 6.27. The summed E-state index contributed by atoms with van der Waals surface area (Å²) in [6, 6.07) is 15.6. The Morgan fingerprint density at radius 2 is 1.83 bits per heavy atom. The van der Waals surface area contributed by atoms with E-state index in [0.29, 0.717) is 27.8 Å². The average Bonchev–Trinajstić information content (AvgIpc) is 3.09. The van der Waals surface area contributed by atoms with E-state index < -0.39 is 5.97 Å². The Morgan fingerprint density at radius 3 is 2.66 bits per heavy atom. The third kappa shape index (κ3) is 2.44. The zero-order valence-electron chi connectivity index (χ0n) is 15.8. The molecular weight excluding hydrogens is 368 g/mol. The summed E-state index contributed by atoms with van der Waals surface area (Å²) in [6.07, 6.45) is 3.21. The fourth-order valence-corrected chi connectivity index (χ4v) is 3.73. The first-order valence-corrected chi connectivity index (χ1v) is 9.06. The van der Waals surface area contributed by atoms with E-state index in [2.05, 4.69) is 10.1 Å². The number of carbonyl (C=O) groups is 1. The van der Waals surface area contributed by atoms with Gasteiger partial charge < -0.3 is 4.74 Å². The molecule has 0 radical (unpaired) electrons. The summed E-state index contributed by atoms with van der Waals surface area (Å²) in [5.41, 5.74) is 2.32. The number of methoxy groups -OCH3 is 1. The molecule has 7 heteroatoms. The maximum Gasteiger partial charge on any atom is 0.343 e. The summed E-state index contributed by atoms with van der Waals surface area (Å²) in [6.45, 7) is 1.71. The molecule has 7 nitrogen and oxygen atoms in total. The molecule has 3 heterocycles. The minimum absolute atomic E-state index is 0.207. The van der Waals surface area contributed by atoms with E-state index in [0.717, 1.165) is 16.5 Å². The molecule has 0 N–H and O–H groups in total. The van der Waals surface area contributed by atoms with Crippen LogP contribution < -0.4 is 5.56 Å². The second-order valence-corrected chi connectivity index (χ2v) is 6.73. The minimum atomic E-state index is -0.506. The van der Waals surface area contributed by atoms with Gasteiger partial charge in [0.25, 0.3) is 5.56 Å². The van der Waals surface area contributed by atoms with Crippen LogP contribution in [0.3, 0.4) is 0 Å². The second-order valence-electron chi connectivity index (χ2n) is 6.73. The van der Waals surface area contributed by atoms with Crippen LogP contribution in [-0.2, 0) is 4.74 Å².